The first kappa shape index (κ1) is 15.0. The molecular formula is C13H19F2NO2. The molecule has 0 spiro atoms. The average Bonchev–Trinajstić information content (AvgIpc) is 2.37. The molecule has 0 amide bonds. The highest BCUT2D eigenvalue weighted by molar-refractivity contribution is 5.22. The van der Waals surface area contributed by atoms with Crippen LogP contribution in [0.5, 0.6) is 0 Å². The van der Waals surface area contributed by atoms with E-state index in [1.165, 1.54) is 0 Å². The third-order valence-electron chi connectivity index (χ3n) is 2.84. The minimum Gasteiger partial charge on any atom is -0.396 e. The number of nitrogens with one attached hydrogen (secondary N) is 1. The second kappa shape index (κ2) is 7.41. The van der Waals surface area contributed by atoms with Crippen LogP contribution in [0.4, 0.5) is 8.78 Å². The van der Waals surface area contributed by atoms with Crippen LogP contribution in [0.3, 0.4) is 0 Å². The van der Waals surface area contributed by atoms with Gasteiger partial charge < -0.3 is 15.5 Å². The molecule has 1 aromatic rings. The fourth-order valence-electron chi connectivity index (χ4n) is 1.80. The molecule has 0 saturated carbocycles. The molecule has 3 nitrogen and oxygen atoms in total. The van der Waals surface area contributed by atoms with Crippen molar-refractivity contribution in [3.05, 3.63) is 35.4 Å². The zero-order valence-corrected chi connectivity index (χ0v) is 10.4. The van der Waals surface area contributed by atoms with Gasteiger partial charge in [-0.05, 0) is 37.6 Å². The van der Waals surface area contributed by atoms with E-state index in [0.29, 0.717) is 19.4 Å². The molecule has 0 aliphatic carbocycles. The van der Waals surface area contributed by atoms with Crippen molar-refractivity contribution in [3.8, 4) is 0 Å². The van der Waals surface area contributed by atoms with Gasteiger partial charge in [0.1, 0.15) is 11.6 Å². The van der Waals surface area contributed by atoms with Crippen molar-refractivity contribution in [1.29, 1.82) is 0 Å². The van der Waals surface area contributed by atoms with E-state index >= 15 is 0 Å². The fourth-order valence-corrected chi connectivity index (χ4v) is 1.80. The van der Waals surface area contributed by atoms with Crippen LogP contribution in [-0.2, 0) is 0 Å². The standard InChI is InChI=1S/C13H19F2NO2/c1-2-12(16-6-3-7-17)13(18)10-8-9(14)4-5-11(10)15/h4-5,8,12-13,16-18H,2-3,6-7H2,1H3. The van der Waals surface area contributed by atoms with Crippen LogP contribution in [-0.4, -0.2) is 29.4 Å². The summed E-state index contributed by atoms with van der Waals surface area (Å²) in [4.78, 5) is 0. The summed E-state index contributed by atoms with van der Waals surface area (Å²) in [6.07, 6.45) is 0.0154. The molecule has 3 N–H and O–H groups in total. The monoisotopic (exact) mass is 259 g/mol. The molecule has 0 aliphatic rings. The lowest BCUT2D eigenvalue weighted by Gasteiger charge is -2.23. The minimum absolute atomic E-state index is 0.0432. The number of aliphatic hydroxyl groups is 2. The third kappa shape index (κ3) is 4.01. The second-order valence-corrected chi connectivity index (χ2v) is 4.16. The maximum absolute atomic E-state index is 13.5. The van der Waals surface area contributed by atoms with Crippen LogP contribution in [0.25, 0.3) is 0 Å². The first-order chi connectivity index (χ1) is 8.60. The molecule has 0 heterocycles. The van der Waals surface area contributed by atoms with Crippen molar-refractivity contribution in [2.45, 2.75) is 31.9 Å². The predicted octanol–water partition coefficient (Wildman–Crippen LogP) is 1.75. The summed E-state index contributed by atoms with van der Waals surface area (Å²) in [6, 6.07) is 2.67. The summed E-state index contributed by atoms with van der Waals surface area (Å²) >= 11 is 0. The van der Waals surface area contributed by atoms with Crippen LogP contribution in [0.15, 0.2) is 18.2 Å². The van der Waals surface area contributed by atoms with E-state index in [9.17, 15) is 13.9 Å². The van der Waals surface area contributed by atoms with Crippen LogP contribution in [0, 0.1) is 11.6 Å². The van der Waals surface area contributed by atoms with E-state index in [1.54, 1.807) is 0 Å². The van der Waals surface area contributed by atoms with Crippen LogP contribution < -0.4 is 5.32 Å². The van der Waals surface area contributed by atoms with E-state index < -0.39 is 17.7 Å². The Morgan fingerprint density at radius 2 is 2.06 bits per heavy atom. The van der Waals surface area contributed by atoms with Crippen LogP contribution in [0.2, 0.25) is 0 Å². The van der Waals surface area contributed by atoms with E-state index in [2.05, 4.69) is 5.32 Å². The number of aliphatic hydroxyl groups excluding tert-OH is 2. The topological polar surface area (TPSA) is 52.5 Å². The van der Waals surface area contributed by atoms with Gasteiger partial charge in [-0.25, -0.2) is 8.78 Å². The average molecular weight is 259 g/mol. The van der Waals surface area contributed by atoms with Gasteiger partial charge in [0.05, 0.1) is 6.10 Å². The van der Waals surface area contributed by atoms with Gasteiger partial charge in [0.25, 0.3) is 0 Å². The molecule has 102 valence electrons. The van der Waals surface area contributed by atoms with Gasteiger partial charge in [-0.15, -0.1) is 0 Å². The normalized spacial score (nSPS) is 14.5. The van der Waals surface area contributed by atoms with E-state index in [-0.39, 0.29) is 18.2 Å². The molecule has 0 radical (unpaired) electrons. The Hall–Kier alpha value is -1.04. The Bertz CT molecular complexity index is 374. The Kier molecular flexibility index (Phi) is 6.18. The van der Waals surface area contributed by atoms with Gasteiger partial charge in [0.15, 0.2) is 0 Å². The summed E-state index contributed by atoms with van der Waals surface area (Å²) < 4.78 is 26.6. The van der Waals surface area contributed by atoms with Gasteiger partial charge in [-0.3, -0.25) is 0 Å². The number of hydrogen-bond donors (Lipinski definition) is 3. The molecule has 2 unspecified atom stereocenters. The van der Waals surface area contributed by atoms with Gasteiger partial charge in [0.2, 0.25) is 0 Å². The highest BCUT2D eigenvalue weighted by atomic mass is 19.1. The Balaban J connectivity index is 2.75. The molecule has 5 heteroatoms. The number of hydrogen-bond acceptors (Lipinski definition) is 3. The highest BCUT2D eigenvalue weighted by Gasteiger charge is 2.22. The summed E-state index contributed by atoms with van der Waals surface area (Å²) in [5.41, 5.74) is -0.0432. The second-order valence-electron chi connectivity index (χ2n) is 4.16. The molecular weight excluding hydrogens is 240 g/mol. The lowest BCUT2D eigenvalue weighted by atomic mass is 9.99. The fraction of sp³-hybridized carbons (Fsp3) is 0.538. The van der Waals surface area contributed by atoms with Gasteiger partial charge in [0, 0.05) is 18.2 Å². The Morgan fingerprint density at radius 3 is 2.67 bits per heavy atom. The maximum atomic E-state index is 13.5. The van der Waals surface area contributed by atoms with Crippen molar-refractivity contribution >= 4 is 0 Å². The van der Waals surface area contributed by atoms with Gasteiger partial charge in [-0.1, -0.05) is 6.92 Å². The third-order valence-corrected chi connectivity index (χ3v) is 2.84. The molecule has 0 aromatic heterocycles. The zero-order chi connectivity index (χ0) is 13.5. The molecule has 0 aliphatic heterocycles. The van der Waals surface area contributed by atoms with Crippen molar-refractivity contribution in [2.75, 3.05) is 13.2 Å². The lowest BCUT2D eigenvalue weighted by Crippen LogP contribution is -2.35. The summed E-state index contributed by atoms with van der Waals surface area (Å²) in [5, 5.41) is 21.7. The quantitative estimate of drug-likeness (QED) is 0.654. The van der Waals surface area contributed by atoms with Gasteiger partial charge >= 0.3 is 0 Å². The molecule has 0 bridgehead atoms. The molecule has 18 heavy (non-hydrogen) atoms. The lowest BCUT2D eigenvalue weighted by molar-refractivity contribution is 0.120. The Morgan fingerprint density at radius 1 is 1.33 bits per heavy atom. The van der Waals surface area contributed by atoms with E-state index in [4.69, 9.17) is 5.11 Å². The smallest absolute Gasteiger partial charge is 0.129 e. The first-order valence-corrected chi connectivity index (χ1v) is 6.07. The van der Waals surface area contributed by atoms with Crippen LogP contribution >= 0.6 is 0 Å². The number of benzene rings is 1. The van der Waals surface area contributed by atoms with Crippen molar-refractivity contribution in [3.63, 3.8) is 0 Å². The summed E-state index contributed by atoms with van der Waals surface area (Å²) in [5.74, 6) is -1.19. The first-order valence-electron chi connectivity index (χ1n) is 6.07. The zero-order valence-electron chi connectivity index (χ0n) is 10.4. The number of rotatable bonds is 7. The summed E-state index contributed by atoms with van der Waals surface area (Å²) in [6.45, 7) is 2.41. The summed E-state index contributed by atoms with van der Waals surface area (Å²) in [7, 11) is 0. The molecule has 1 rings (SSSR count). The minimum atomic E-state index is -1.11. The van der Waals surface area contributed by atoms with E-state index in [0.717, 1.165) is 18.2 Å². The Labute approximate surface area is 105 Å². The van der Waals surface area contributed by atoms with Crippen molar-refractivity contribution in [2.24, 2.45) is 0 Å². The maximum Gasteiger partial charge on any atom is 0.129 e. The molecule has 0 saturated heterocycles. The van der Waals surface area contributed by atoms with Crippen molar-refractivity contribution < 1.29 is 19.0 Å². The number of halogens is 2. The van der Waals surface area contributed by atoms with Crippen molar-refractivity contribution in [1.82, 2.24) is 5.32 Å². The highest BCUT2D eigenvalue weighted by Crippen LogP contribution is 2.22. The molecule has 0 fully saturated rings. The predicted molar refractivity (Wildman–Crippen MR) is 65.1 cm³/mol. The van der Waals surface area contributed by atoms with Gasteiger partial charge in [-0.2, -0.15) is 0 Å². The largest absolute Gasteiger partial charge is 0.396 e. The van der Waals surface area contributed by atoms with Crippen LogP contribution in [0.1, 0.15) is 31.4 Å². The molecule has 1 aromatic carbocycles. The molecule has 2 atom stereocenters. The SMILES string of the molecule is CCC(NCCCO)C(O)c1cc(F)ccc1F. The van der Waals surface area contributed by atoms with E-state index in [1.807, 2.05) is 6.92 Å².